The molecule has 0 heterocycles. The van der Waals surface area contributed by atoms with Gasteiger partial charge >= 0.3 is 0 Å². The first-order chi connectivity index (χ1) is 14.6. The molecule has 0 aromatic heterocycles. The van der Waals surface area contributed by atoms with Crippen molar-refractivity contribution < 1.29 is 9.53 Å². The average molecular weight is 414 g/mol. The molecule has 5 heteroatoms. The van der Waals surface area contributed by atoms with E-state index in [4.69, 9.17) is 10.5 Å². The van der Waals surface area contributed by atoms with Gasteiger partial charge < -0.3 is 20.7 Å². The summed E-state index contributed by atoms with van der Waals surface area (Å²) < 4.78 is 5.69. The second kappa shape index (κ2) is 19.3. The van der Waals surface area contributed by atoms with Crippen LogP contribution in [0, 0.1) is 0 Å². The SMILES string of the molecule is C=C.C=C.CC.CNc1ccc(CCN(C)CCOc2ccc(C(N)=O)cc2)cc1. The quantitative estimate of drug-likeness (QED) is 0.567. The standard InChI is InChI=1S/C19H25N3O2.C2H6.2C2H4/c1-21-17-7-3-15(4-8-17)11-12-22(2)13-14-24-18-9-5-16(6-10-18)19(20)23;3*1-2/h3-10,21H,11-14H2,1-2H3,(H2,20,23);1-2H3;2*1-2H2. The van der Waals surface area contributed by atoms with Gasteiger partial charge in [-0.15, -0.1) is 26.3 Å². The fourth-order valence-corrected chi connectivity index (χ4v) is 2.30. The molecule has 2 aromatic carbocycles. The number of primary amides is 1. The fraction of sp³-hybridized carbons (Fsp3) is 0.320. The van der Waals surface area contributed by atoms with Crippen LogP contribution in [0.4, 0.5) is 5.69 Å². The lowest BCUT2D eigenvalue weighted by molar-refractivity contribution is 0.1000. The molecule has 0 radical (unpaired) electrons. The summed E-state index contributed by atoms with van der Waals surface area (Å²) in [6, 6.07) is 15.4. The number of hydrogen-bond donors (Lipinski definition) is 2. The van der Waals surface area contributed by atoms with Crippen molar-refractivity contribution in [3.05, 3.63) is 86.0 Å². The van der Waals surface area contributed by atoms with Gasteiger partial charge in [0.2, 0.25) is 5.91 Å². The van der Waals surface area contributed by atoms with Crippen molar-refractivity contribution in [1.82, 2.24) is 4.90 Å². The number of nitrogens with zero attached hydrogens (tertiary/aromatic N) is 1. The van der Waals surface area contributed by atoms with Gasteiger partial charge in [-0.3, -0.25) is 4.79 Å². The van der Waals surface area contributed by atoms with Crippen LogP contribution in [0.15, 0.2) is 74.8 Å². The molecule has 0 atom stereocenters. The van der Waals surface area contributed by atoms with E-state index in [2.05, 4.69) is 67.8 Å². The molecule has 0 aliphatic carbocycles. The van der Waals surface area contributed by atoms with E-state index in [1.807, 2.05) is 20.9 Å². The number of rotatable bonds is 9. The predicted octanol–water partition coefficient (Wildman–Crippen LogP) is 5.01. The molecule has 0 unspecified atom stereocenters. The highest BCUT2D eigenvalue weighted by atomic mass is 16.5. The maximum atomic E-state index is 11.0. The van der Waals surface area contributed by atoms with Crippen LogP contribution >= 0.6 is 0 Å². The number of anilines is 1. The molecular weight excluding hydrogens is 374 g/mol. The number of likely N-dealkylation sites (N-methyl/N-ethyl adjacent to an activating group) is 1. The second-order valence-electron chi connectivity index (χ2n) is 5.74. The molecule has 2 aromatic rings. The van der Waals surface area contributed by atoms with E-state index in [-0.39, 0.29) is 0 Å². The Morgan fingerprint density at radius 1 is 0.967 bits per heavy atom. The molecule has 3 N–H and O–H groups in total. The Balaban J connectivity index is 0. The Morgan fingerprint density at radius 3 is 1.97 bits per heavy atom. The molecular formula is C25H39N3O2. The van der Waals surface area contributed by atoms with E-state index in [1.54, 1.807) is 24.3 Å². The summed E-state index contributed by atoms with van der Waals surface area (Å²) in [5.74, 6) is 0.320. The van der Waals surface area contributed by atoms with E-state index in [1.165, 1.54) is 5.56 Å². The number of ether oxygens (including phenoxy) is 1. The van der Waals surface area contributed by atoms with Gasteiger partial charge in [0.1, 0.15) is 12.4 Å². The maximum Gasteiger partial charge on any atom is 0.248 e. The van der Waals surface area contributed by atoms with Crippen molar-refractivity contribution in [2.24, 2.45) is 5.73 Å². The monoisotopic (exact) mass is 413 g/mol. The van der Waals surface area contributed by atoms with E-state index >= 15 is 0 Å². The second-order valence-corrected chi connectivity index (χ2v) is 5.74. The highest BCUT2D eigenvalue weighted by molar-refractivity contribution is 5.92. The summed E-state index contributed by atoms with van der Waals surface area (Å²) in [4.78, 5) is 13.3. The third-order valence-corrected chi connectivity index (χ3v) is 3.91. The molecule has 0 spiro atoms. The van der Waals surface area contributed by atoms with Crippen LogP contribution in [-0.4, -0.2) is 44.6 Å². The zero-order chi connectivity index (χ0) is 23.4. The zero-order valence-electron chi connectivity index (χ0n) is 19.1. The van der Waals surface area contributed by atoms with Crippen molar-refractivity contribution in [3.63, 3.8) is 0 Å². The summed E-state index contributed by atoms with van der Waals surface area (Å²) in [5.41, 5.74) is 8.15. The minimum atomic E-state index is -0.427. The molecule has 5 nitrogen and oxygen atoms in total. The first-order valence-corrected chi connectivity index (χ1v) is 10.1. The third-order valence-electron chi connectivity index (χ3n) is 3.91. The van der Waals surface area contributed by atoms with Crippen LogP contribution in [-0.2, 0) is 6.42 Å². The largest absolute Gasteiger partial charge is 0.492 e. The number of carbonyl (C=O) groups is 1. The van der Waals surface area contributed by atoms with Crippen molar-refractivity contribution in [3.8, 4) is 5.75 Å². The van der Waals surface area contributed by atoms with E-state index in [0.717, 1.165) is 30.9 Å². The molecule has 30 heavy (non-hydrogen) atoms. The smallest absolute Gasteiger partial charge is 0.248 e. The Hall–Kier alpha value is -3.05. The highest BCUT2D eigenvalue weighted by Gasteiger charge is 2.03. The fourth-order valence-electron chi connectivity index (χ4n) is 2.30. The van der Waals surface area contributed by atoms with Crippen LogP contribution in [0.2, 0.25) is 0 Å². The summed E-state index contributed by atoms with van der Waals surface area (Å²) in [6.07, 6.45) is 1.01. The first kappa shape index (κ1) is 29.2. The molecule has 0 saturated heterocycles. The molecule has 1 amide bonds. The van der Waals surface area contributed by atoms with Gasteiger partial charge in [0, 0.05) is 31.4 Å². The molecule has 2 rings (SSSR count). The van der Waals surface area contributed by atoms with Crippen LogP contribution in [0.25, 0.3) is 0 Å². The normalized spacial score (nSPS) is 8.97. The molecule has 166 valence electrons. The lowest BCUT2D eigenvalue weighted by atomic mass is 10.1. The first-order valence-electron chi connectivity index (χ1n) is 10.1. The van der Waals surface area contributed by atoms with Gasteiger partial charge in [-0.25, -0.2) is 0 Å². The minimum Gasteiger partial charge on any atom is -0.492 e. The van der Waals surface area contributed by atoms with Crippen molar-refractivity contribution >= 4 is 11.6 Å². The van der Waals surface area contributed by atoms with Gasteiger partial charge in [-0.1, -0.05) is 26.0 Å². The zero-order valence-corrected chi connectivity index (χ0v) is 19.1. The lowest BCUT2D eigenvalue weighted by Gasteiger charge is -2.17. The summed E-state index contributed by atoms with van der Waals surface area (Å²) in [5, 5.41) is 3.12. The molecule has 0 bridgehead atoms. The predicted molar refractivity (Wildman–Crippen MR) is 132 cm³/mol. The van der Waals surface area contributed by atoms with Crippen molar-refractivity contribution in [2.45, 2.75) is 20.3 Å². The van der Waals surface area contributed by atoms with E-state index < -0.39 is 5.91 Å². The topological polar surface area (TPSA) is 67.6 Å². The number of nitrogens with one attached hydrogen (secondary N) is 1. The van der Waals surface area contributed by atoms with Crippen LogP contribution < -0.4 is 15.8 Å². The molecule has 0 aliphatic heterocycles. The number of hydrogen-bond acceptors (Lipinski definition) is 4. The molecule has 0 aliphatic rings. The molecule has 0 fully saturated rings. The molecule has 0 saturated carbocycles. The van der Waals surface area contributed by atoms with Gasteiger partial charge in [0.25, 0.3) is 0 Å². The van der Waals surface area contributed by atoms with Gasteiger partial charge in [-0.05, 0) is 55.4 Å². The average Bonchev–Trinajstić information content (AvgIpc) is 2.82. The van der Waals surface area contributed by atoms with Crippen LogP contribution in [0.5, 0.6) is 5.75 Å². The van der Waals surface area contributed by atoms with Gasteiger partial charge in [-0.2, -0.15) is 0 Å². The Kier molecular flexibility index (Phi) is 18.7. The Morgan fingerprint density at radius 2 is 1.50 bits per heavy atom. The Labute approximate surface area is 183 Å². The number of carbonyl (C=O) groups excluding carboxylic acids is 1. The minimum absolute atomic E-state index is 0.427. The van der Waals surface area contributed by atoms with Gasteiger partial charge in [0.15, 0.2) is 0 Å². The third kappa shape index (κ3) is 12.4. The van der Waals surface area contributed by atoms with E-state index in [0.29, 0.717) is 12.2 Å². The van der Waals surface area contributed by atoms with Gasteiger partial charge in [0.05, 0.1) is 0 Å². The van der Waals surface area contributed by atoms with E-state index in [9.17, 15) is 4.79 Å². The van der Waals surface area contributed by atoms with Crippen molar-refractivity contribution in [1.29, 1.82) is 0 Å². The lowest BCUT2D eigenvalue weighted by Crippen LogP contribution is -2.26. The number of amides is 1. The number of nitrogens with two attached hydrogens (primary N) is 1. The highest BCUT2D eigenvalue weighted by Crippen LogP contribution is 2.12. The summed E-state index contributed by atoms with van der Waals surface area (Å²) in [6.45, 7) is 18.4. The summed E-state index contributed by atoms with van der Waals surface area (Å²) >= 11 is 0. The van der Waals surface area contributed by atoms with Crippen molar-refractivity contribution in [2.75, 3.05) is 39.1 Å². The summed E-state index contributed by atoms with van der Waals surface area (Å²) in [7, 11) is 4.01. The van der Waals surface area contributed by atoms with Crippen LogP contribution in [0.1, 0.15) is 29.8 Å². The maximum absolute atomic E-state index is 11.0. The Bertz CT molecular complexity index is 668. The number of benzene rings is 2. The van der Waals surface area contributed by atoms with Crippen LogP contribution in [0.3, 0.4) is 0 Å².